The second kappa shape index (κ2) is 10.8. The maximum atomic E-state index is 9.26. The smallest absolute Gasteiger partial charge is 0.174 e. The first kappa shape index (κ1) is 23.3. The Hall–Kier alpha value is -3.89. The summed E-state index contributed by atoms with van der Waals surface area (Å²) in [7, 11) is 1.66. The van der Waals surface area contributed by atoms with Gasteiger partial charge in [-0.15, -0.1) is 0 Å². The van der Waals surface area contributed by atoms with E-state index in [0.29, 0.717) is 5.82 Å². The van der Waals surface area contributed by atoms with Gasteiger partial charge in [-0.25, -0.2) is 14.6 Å². The summed E-state index contributed by atoms with van der Waals surface area (Å²) in [5, 5.41) is 14.6. The van der Waals surface area contributed by atoms with Crippen molar-refractivity contribution in [2.45, 2.75) is 32.2 Å². The number of nitriles is 1. The molecule has 7 nitrogen and oxygen atoms in total. The molecule has 2 aromatic heterocycles. The van der Waals surface area contributed by atoms with Crippen LogP contribution in [0.25, 0.3) is 17.8 Å². The van der Waals surface area contributed by atoms with Crippen molar-refractivity contribution in [1.82, 2.24) is 24.3 Å². The van der Waals surface area contributed by atoms with E-state index < -0.39 is 0 Å². The average Bonchev–Trinajstić information content (AvgIpc) is 3.49. The summed E-state index contributed by atoms with van der Waals surface area (Å²) in [6.45, 7) is 2.77. The van der Waals surface area contributed by atoms with E-state index in [9.17, 15) is 5.26 Å². The summed E-state index contributed by atoms with van der Waals surface area (Å²) in [6.07, 6.45) is 9.37. The van der Waals surface area contributed by atoms with E-state index in [1.165, 1.54) is 0 Å². The quantitative estimate of drug-likeness (QED) is 0.381. The molecule has 0 unspecified atom stereocenters. The Bertz CT molecular complexity index is 1320. The molecule has 0 aliphatic carbocycles. The van der Waals surface area contributed by atoms with E-state index >= 15 is 0 Å². The summed E-state index contributed by atoms with van der Waals surface area (Å²) in [5.41, 5.74) is 2.87. The van der Waals surface area contributed by atoms with Crippen LogP contribution < -0.4 is 4.74 Å². The summed E-state index contributed by atoms with van der Waals surface area (Å²) >= 11 is 5.54. The van der Waals surface area contributed by atoms with Crippen LogP contribution in [0.3, 0.4) is 0 Å². The Morgan fingerprint density at radius 1 is 1.18 bits per heavy atom. The van der Waals surface area contributed by atoms with Gasteiger partial charge in [0.25, 0.3) is 0 Å². The molecule has 1 aliphatic rings. The van der Waals surface area contributed by atoms with Crippen LogP contribution in [0.1, 0.15) is 41.7 Å². The summed E-state index contributed by atoms with van der Waals surface area (Å²) in [5.74, 6) is 2.00. The number of hydrogen-bond donors (Lipinski definition) is 0. The molecule has 0 amide bonds. The lowest BCUT2D eigenvalue weighted by Gasteiger charge is -2.15. The van der Waals surface area contributed by atoms with E-state index in [1.54, 1.807) is 13.4 Å². The normalized spacial score (nSPS) is 14.7. The number of hydrogen-bond acceptors (Lipinski definition) is 5. The first-order chi connectivity index (χ1) is 16.6. The van der Waals surface area contributed by atoms with Gasteiger partial charge in [0, 0.05) is 17.8 Å². The second-order valence-electron chi connectivity index (χ2n) is 7.86. The van der Waals surface area contributed by atoms with Gasteiger partial charge in [-0.1, -0.05) is 41.9 Å². The number of methoxy groups -OCH3 is 1. The van der Waals surface area contributed by atoms with E-state index in [2.05, 4.69) is 21.1 Å². The van der Waals surface area contributed by atoms with Gasteiger partial charge < -0.3 is 9.30 Å². The van der Waals surface area contributed by atoms with Crippen LogP contribution in [0, 0.1) is 18.3 Å². The number of rotatable bonds is 4. The van der Waals surface area contributed by atoms with Gasteiger partial charge in [-0.3, -0.25) is 0 Å². The minimum Gasteiger partial charge on any atom is -0.495 e. The SMILES string of the molecule is COc1cc(/C=C/c2nc3n(n2)CCC[C@H]3C#N)ccc1-n1cnc(C)c1.Clc1ccccc1. The lowest BCUT2D eigenvalue weighted by molar-refractivity contribution is 0.413. The van der Waals surface area contributed by atoms with E-state index in [1.807, 2.05) is 83.1 Å². The Kier molecular flexibility index (Phi) is 7.41. The van der Waals surface area contributed by atoms with Crippen molar-refractivity contribution < 1.29 is 4.74 Å². The zero-order chi connectivity index (χ0) is 23.9. The van der Waals surface area contributed by atoms with Crippen molar-refractivity contribution in [1.29, 1.82) is 5.26 Å². The van der Waals surface area contributed by atoms with Gasteiger partial charge in [0.2, 0.25) is 0 Å². The predicted octanol–water partition coefficient (Wildman–Crippen LogP) is 5.69. The molecule has 0 radical (unpaired) electrons. The Labute approximate surface area is 203 Å². The number of aryl methyl sites for hydroxylation is 2. The molecule has 172 valence electrons. The Balaban J connectivity index is 0.000000336. The maximum Gasteiger partial charge on any atom is 0.174 e. The fourth-order valence-electron chi connectivity index (χ4n) is 3.71. The van der Waals surface area contributed by atoms with Gasteiger partial charge >= 0.3 is 0 Å². The first-order valence-corrected chi connectivity index (χ1v) is 11.4. The number of imidazole rings is 1. The van der Waals surface area contributed by atoms with E-state index in [-0.39, 0.29) is 5.92 Å². The highest BCUT2D eigenvalue weighted by atomic mass is 35.5. The summed E-state index contributed by atoms with van der Waals surface area (Å²) in [6, 6.07) is 17.7. The molecule has 34 heavy (non-hydrogen) atoms. The number of halogens is 1. The predicted molar refractivity (Wildman–Crippen MR) is 133 cm³/mol. The molecule has 0 bridgehead atoms. The molecule has 4 aromatic rings. The molecule has 2 aromatic carbocycles. The van der Waals surface area contributed by atoms with Crippen molar-refractivity contribution in [2.75, 3.05) is 7.11 Å². The fourth-order valence-corrected chi connectivity index (χ4v) is 3.86. The molecule has 8 heteroatoms. The van der Waals surface area contributed by atoms with Crippen molar-refractivity contribution in [3.05, 3.63) is 89.0 Å². The van der Waals surface area contributed by atoms with Gasteiger partial charge in [0.15, 0.2) is 5.82 Å². The number of benzene rings is 2. The minimum atomic E-state index is -0.161. The molecular weight excluding hydrogens is 448 g/mol. The molecule has 0 spiro atoms. The van der Waals surface area contributed by atoms with Gasteiger partial charge in [-0.05, 0) is 55.7 Å². The lowest BCUT2D eigenvalue weighted by atomic mass is 10.0. The van der Waals surface area contributed by atoms with Crippen LogP contribution in [0.2, 0.25) is 5.02 Å². The van der Waals surface area contributed by atoms with Crippen molar-refractivity contribution in [3.8, 4) is 17.5 Å². The van der Waals surface area contributed by atoms with Crippen molar-refractivity contribution in [3.63, 3.8) is 0 Å². The van der Waals surface area contributed by atoms with Crippen molar-refractivity contribution >= 4 is 23.8 Å². The molecule has 0 saturated heterocycles. The average molecular weight is 473 g/mol. The van der Waals surface area contributed by atoms with Crippen LogP contribution >= 0.6 is 11.6 Å². The third-order valence-electron chi connectivity index (χ3n) is 5.40. The highest BCUT2D eigenvalue weighted by Gasteiger charge is 2.23. The Morgan fingerprint density at radius 2 is 2.00 bits per heavy atom. The number of aromatic nitrogens is 5. The maximum absolute atomic E-state index is 9.26. The topological polar surface area (TPSA) is 81.5 Å². The molecule has 1 aliphatic heterocycles. The van der Waals surface area contributed by atoms with Crippen LogP contribution in [0.4, 0.5) is 0 Å². The second-order valence-corrected chi connectivity index (χ2v) is 8.29. The van der Waals surface area contributed by atoms with E-state index in [4.69, 9.17) is 16.3 Å². The van der Waals surface area contributed by atoms with Gasteiger partial charge in [-0.2, -0.15) is 10.4 Å². The third kappa shape index (κ3) is 5.53. The highest BCUT2D eigenvalue weighted by Crippen LogP contribution is 2.27. The molecule has 0 fully saturated rings. The van der Waals surface area contributed by atoms with Gasteiger partial charge in [0.1, 0.15) is 17.5 Å². The zero-order valence-corrected chi connectivity index (χ0v) is 19.9. The molecular formula is C26H25ClN6O. The Morgan fingerprint density at radius 3 is 2.65 bits per heavy atom. The molecule has 3 heterocycles. The summed E-state index contributed by atoms with van der Waals surface area (Å²) in [4.78, 5) is 8.79. The first-order valence-electron chi connectivity index (χ1n) is 11.0. The minimum absolute atomic E-state index is 0.161. The monoisotopic (exact) mass is 472 g/mol. The number of nitrogens with zero attached hydrogens (tertiary/aromatic N) is 6. The highest BCUT2D eigenvalue weighted by molar-refractivity contribution is 6.30. The molecule has 5 rings (SSSR count). The third-order valence-corrected chi connectivity index (χ3v) is 5.65. The molecule has 1 atom stereocenters. The van der Waals surface area contributed by atoms with Crippen LogP contribution in [-0.4, -0.2) is 31.4 Å². The zero-order valence-electron chi connectivity index (χ0n) is 19.1. The standard InChI is InChI=1S/C20H20N6O.C6H5Cl/c1-14-12-25(13-22-14)17-7-5-15(10-18(17)27-2)6-8-19-23-20-16(11-21)4-3-9-26(20)24-19;7-6-4-2-1-3-5-6/h5-8,10,12-13,16H,3-4,9H2,1-2H3;1-5H/b8-6+;/t16-;/m0./s1. The number of fused-ring (bicyclic) bond motifs is 1. The number of ether oxygens (including phenoxy) is 1. The largest absolute Gasteiger partial charge is 0.495 e. The van der Waals surface area contributed by atoms with Gasteiger partial charge in [0.05, 0.1) is 30.9 Å². The van der Waals surface area contributed by atoms with Crippen LogP contribution in [-0.2, 0) is 6.54 Å². The van der Waals surface area contributed by atoms with Crippen molar-refractivity contribution in [2.24, 2.45) is 0 Å². The summed E-state index contributed by atoms with van der Waals surface area (Å²) < 4.78 is 9.33. The lowest BCUT2D eigenvalue weighted by Crippen LogP contribution is -2.15. The van der Waals surface area contributed by atoms with Crippen LogP contribution in [0.5, 0.6) is 5.75 Å². The molecule has 0 saturated carbocycles. The van der Waals surface area contributed by atoms with Crippen LogP contribution in [0.15, 0.2) is 61.1 Å². The fraction of sp³-hybridized carbons (Fsp3) is 0.231. The van der Waals surface area contributed by atoms with E-state index in [0.717, 1.165) is 52.9 Å². The molecule has 0 N–H and O–H groups in total.